The summed E-state index contributed by atoms with van der Waals surface area (Å²) in [6.07, 6.45) is 3.22. The first-order valence-electron chi connectivity index (χ1n) is 11.3. The van der Waals surface area contributed by atoms with Gasteiger partial charge in [-0.2, -0.15) is 0 Å². The molecule has 0 saturated heterocycles. The van der Waals surface area contributed by atoms with Gasteiger partial charge < -0.3 is 19.4 Å². The number of hydrogen-bond acceptors (Lipinski definition) is 7. The molecule has 1 aromatic carbocycles. The summed E-state index contributed by atoms with van der Waals surface area (Å²) in [6, 6.07) is 5.19. The lowest BCUT2D eigenvalue weighted by Crippen LogP contribution is -2.38. The van der Waals surface area contributed by atoms with Crippen LogP contribution in [-0.4, -0.2) is 55.4 Å². The molecular weight excluding hydrogens is 486 g/mol. The summed E-state index contributed by atoms with van der Waals surface area (Å²) in [6.45, 7) is 0.671. The number of benzene rings is 1. The molecule has 4 rings (SSSR count). The van der Waals surface area contributed by atoms with Gasteiger partial charge in [0.05, 0.1) is 24.0 Å². The molecule has 12 heteroatoms. The van der Waals surface area contributed by atoms with Crippen molar-refractivity contribution in [2.75, 3.05) is 31.9 Å². The molecule has 0 spiro atoms. The summed E-state index contributed by atoms with van der Waals surface area (Å²) in [4.78, 5) is 42.1. The first-order valence-corrected chi connectivity index (χ1v) is 12.8. The second kappa shape index (κ2) is 10.5. The summed E-state index contributed by atoms with van der Waals surface area (Å²) in [5.41, 5.74) is 0.321. The minimum Gasteiger partial charge on any atom is -0.491 e. The van der Waals surface area contributed by atoms with Gasteiger partial charge in [-0.05, 0) is 25.0 Å². The molecule has 1 fully saturated rings. The van der Waals surface area contributed by atoms with Crippen LogP contribution in [0.5, 0.6) is 5.75 Å². The van der Waals surface area contributed by atoms with Crippen LogP contribution < -0.4 is 21.3 Å². The van der Waals surface area contributed by atoms with Gasteiger partial charge in [-0.25, -0.2) is 9.78 Å². The molecule has 1 N–H and O–H groups in total. The van der Waals surface area contributed by atoms with Crippen molar-refractivity contribution in [3.63, 3.8) is 0 Å². The molecule has 3 aromatic rings. The van der Waals surface area contributed by atoms with E-state index in [9.17, 15) is 18.6 Å². The fraction of sp³-hybridized carbons (Fsp3) is 0.417. The topological polar surface area (TPSA) is 126 Å². The summed E-state index contributed by atoms with van der Waals surface area (Å²) < 4.78 is 26.5. The highest BCUT2D eigenvalue weighted by Crippen LogP contribution is 2.31. The predicted octanol–water partition coefficient (Wildman–Crippen LogP) is 0.597. The first-order chi connectivity index (χ1) is 17.2. The molecule has 11 nitrogen and oxygen atoms in total. The summed E-state index contributed by atoms with van der Waals surface area (Å²) in [5, 5.41) is 3.08. The number of carbonyl (C=O) groups excluding carboxylic acids is 1. The molecule has 1 aliphatic carbocycles. The average Bonchev–Trinajstić information content (AvgIpc) is 3.63. The zero-order valence-electron chi connectivity index (χ0n) is 20.5. The van der Waals surface area contributed by atoms with E-state index < -0.39 is 22.0 Å². The number of aryl methyl sites for hydroxylation is 1. The predicted molar refractivity (Wildman–Crippen MR) is 135 cm³/mol. The maximum Gasteiger partial charge on any atom is 0.333 e. The molecule has 2 aromatic heterocycles. The monoisotopic (exact) mass is 513 g/mol. The fourth-order valence-electron chi connectivity index (χ4n) is 3.69. The lowest BCUT2D eigenvalue weighted by molar-refractivity contribution is -0.117. The molecule has 0 aliphatic heterocycles. The van der Waals surface area contributed by atoms with Crippen LogP contribution in [0.25, 0.3) is 11.2 Å². The number of anilines is 1. The summed E-state index contributed by atoms with van der Waals surface area (Å²) in [5.74, 6) is 6.46. The molecule has 1 aliphatic rings. The van der Waals surface area contributed by atoms with Crippen LogP contribution in [-0.2, 0) is 41.0 Å². The van der Waals surface area contributed by atoms with Crippen molar-refractivity contribution in [3.8, 4) is 17.6 Å². The van der Waals surface area contributed by atoms with Gasteiger partial charge in [0.2, 0.25) is 11.1 Å². The molecule has 190 valence electrons. The molecular formula is C24H27N5O6S. The highest BCUT2D eigenvalue weighted by Gasteiger charge is 2.29. The Labute approximate surface area is 209 Å². The number of nitrogens with one attached hydrogen (secondary N) is 1. The van der Waals surface area contributed by atoms with E-state index in [-0.39, 0.29) is 34.7 Å². The number of fused-ring (bicyclic) bond motifs is 1. The van der Waals surface area contributed by atoms with Crippen molar-refractivity contribution in [1.29, 1.82) is 0 Å². The molecule has 1 atom stereocenters. The first kappa shape index (κ1) is 25.4. The van der Waals surface area contributed by atoms with Crippen LogP contribution in [0.1, 0.15) is 18.4 Å². The number of amides is 1. The largest absolute Gasteiger partial charge is 0.491 e. The molecule has 36 heavy (non-hydrogen) atoms. The van der Waals surface area contributed by atoms with Gasteiger partial charge in [0, 0.05) is 50.7 Å². The molecule has 2 heterocycles. The minimum absolute atomic E-state index is 0.0392. The number of rotatable bonds is 8. The number of hydrogen-bond donors (Lipinski definition) is 1. The van der Waals surface area contributed by atoms with E-state index in [1.807, 2.05) is 0 Å². The van der Waals surface area contributed by atoms with E-state index in [0.717, 1.165) is 17.4 Å². The van der Waals surface area contributed by atoms with Gasteiger partial charge in [0.15, 0.2) is 11.2 Å². The number of carbonyl (C=O) groups is 1. The third kappa shape index (κ3) is 5.27. The lowest BCUT2D eigenvalue weighted by Gasteiger charge is -2.10. The highest BCUT2D eigenvalue weighted by molar-refractivity contribution is 7.84. The summed E-state index contributed by atoms with van der Waals surface area (Å²) >= 11 is 0. The molecule has 1 amide bonds. The Kier molecular flexibility index (Phi) is 7.42. The number of ether oxygens (including phenoxy) is 2. The van der Waals surface area contributed by atoms with Crippen LogP contribution in [0, 0.1) is 17.8 Å². The van der Waals surface area contributed by atoms with E-state index in [1.165, 1.54) is 22.4 Å². The van der Waals surface area contributed by atoms with Gasteiger partial charge in [-0.1, -0.05) is 11.8 Å². The van der Waals surface area contributed by atoms with Crippen molar-refractivity contribution < 1.29 is 18.5 Å². The Morgan fingerprint density at radius 1 is 1.19 bits per heavy atom. The zero-order valence-corrected chi connectivity index (χ0v) is 21.3. The Hall–Kier alpha value is -3.69. The number of aromatic nitrogens is 4. The Morgan fingerprint density at radius 2 is 1.94 bits per heavy atom. The summed E-state index contributed by atoms with van der Waals surface area (Å²) in [7, 11) is 3.08. The number of imidazole rings is 1. The third-order valence-corrected chi connectivity index (χ3v) is 6.60. The Morgan fingerprint density at radius 3 is 2.61 bits per heavy atom. The van der Waals surface area contributed by atoms with E-state index >= 15 is 0 Å². The van der Waals surface area contributed by atoms with E-state index in [4.69, 9.17) is 9.47 Å². The second-order valence-electron chi connectivity index (χ2n) is 8.47. The van der Waals surface area contributed by atoms with Crippen LogP contribution in [0.3, 0.4) is 0 Å². The van der Waals surface area contributed by atoms with Crippen LogP contribution in [0.15, 0.2) is 32.9 Å². The second-order valence-corrected chi connectivity index (χ2v) is 9.74. The quantitative estimate of drug-likeness (QED) is 0.345. The average molecular weight is 514 g/mol. The molecule has 1 saturated carbocycles. The Bertz CT molecular complexity index is 1540. The maximum atomic E-state index is 12.8. The van der Waals surface area contributed by atoms with Crippen molar-refractivity contribution in [3.05, 3.63) is 44.6 Å². The van der Waals surface area contributed by atoms with E-state index in [2.05, 4.69) is 22.1 Å². The van der Waals surface area contributed by atoms with Crippen molar-refractivity contribution >= 4 is 33.6 Å². The lowest BCUT2D eigenvalue weighted by atomic mass is 10.2. The standard InChI is InChI=1S/C24H27N5O6S/c1-27-19-20(26-23(27)36(4)33)29(24(32)28(2)22(19)31)9-5-6-15-12-17(25-21(30)16-7-8-16)14-18(13-15)35-11-10-34-3/h12-14,16H,7-11H2,1-4H3,(H,25,30). The number of nitrogens with zero attached hydrogens (tertiary/aromatic N) is 4. The van der Waals surface area contributed by atoms with Crippen LogP contribution in [0.4, 0.5) is 5.69 Å². The van der Waals surface area contributed by atoms with Gasteiger partial charge in [-0.15, -0.1) is 0 Å². The van der Waals surface area contributed by atoms with Crippen molar-refractivity contribution in [1.82, 2.24) is 18.7 Å². The van der Waals surface area contributed by atoms with E-state index in [0.29, 0.717) is 30.2 Å². The normalized spacial score (nSPS) is 13.8. The highest BCUT2D eigenvalue weighted by atomic mass is 32.2. The van der Waals surface area contributed by atoms with Gasteiger partial charge in [-0.3, -0.25) is 22.9 Å². The van der Waals surface area contributed by atoms with Crippen molar-refractivity contribution in [2.45, 2.75) is 24.5 Å². The maximum absolute atomic E-state index is 12.8. The Balaban J connectivity index is 1.69. The molecule has 0 bridgehead atoms. The van der Waals surface area contributed by atoms with Gasteiger partial charge >= 0.3 is 5.69 Å². The van der Waals surface area contributed by atoms with E-state index in [1.54, 1.807) is 32.4 Å². The van der Waals surface area contributed by atoms with Crippen molar-refractivity contribution in [2.24, 2.45) is 20.0 Å². The smallest absolute Gasteiger partial charge is 0.333 e. The molecule has 1 unspecified atom stereocenters. The number of methoxy groups -OCH3 is 1. The van der Waals surface area contributed by atoms with Gasteiger partial charge in [0.1, 0.15) is 12.4 Å². The SMILES string of the molecule is COCCOc1cc(C#CCn2c(=O)n(C)c(=O)c3c2nc(S(C)=O)n3C)cc(NC(=O)C2CC2)c1. The van der Waals surface area contributed by atoms with Crippen LogP contribution in [0.2, 0.25) is 0 Å². The zero-order chi connectivity index (χ0) is 26.0. The fourth-order valence-corrected chi connectivity index (χ4v) is 4.38. The third-order valence-electron chi connectivity index (χ3n) is 5.72. The molecule has 0 radical (unpaired) electrons. The van der Waals surface area contributed by atoms with Crippen LogP contribution >= 0.6 is 0 Å². The minimum atomic E-state index is -1.46. The van der Waals surface area contributed by atoms with Gasteiger partial charge in [0.25, 0.3) is 5.56 Å².